The second-order valence-electron chi connectivity index (χ2n) is 7.08. The van der Waals surface area contributed by atoms with Gasteiger partial charge in [-0.25, -0.2) is 0 Å². The Morgan fingerprint density at radius 1 is 1.10 bits per heavy atom. The van der Waals surface area contributed by atoms with Gasteiger partial charge in [-0.15, -0.1) is 0 Å². The van der Waals surface area contributed by atoms with Gasteiger partial charge in [0.25, 0.3) is 0 Å². The van der Waals surface area contributed by atoms with Crippen molar-refractivity contribution >= 4 is 5.97 Å². The minimum Gasteiger partial charge on any atom is -0.494 e. The smallest absolute Gasteiger partial charge is 0.320 e. The molecule has 2 atom stereocenters. The van der Waals surface area contributed by atoms with Crippen molar-refractivity contribution in [1.82, 2.24) is 4.90 Å². The Morgan fingerprint density at radius 2 is 1.86 bits per heavy atom. The molecule has 156 valence electrons. The second kappa shape index (κ2) is 9.65. The molecule has 1 aliphatic rings. The number of hydrogen-bond acceptors (Lipinski definition) is 5. The lowest BCUT2D eigenvalue weighted by atomic mass is 9.91. The molecule has 0 saturated carbocycles. The number of ether oxygens (including phenoxy) is 3. The minimum atomic E-state index is -0.788. The van der Waals surface area contributed by atoms with Gasteiger partial charge in [-0.3, -0.25) is 9.69 Å². The molecule has 0 aliphatic carbocycles. The fraction of sp³-hybridized carbons (Fsp3) is 0.435. The number of benzene rings is 2. The van der Waals surface area contributed by atoms with Crippen molar-refractivity contribution in [3.63, 3.8) is 0 Å². The first-order chi connectivity index (χ1) is 14.1. The molecule has 2 unspecified atom stereocenters. The molecular formula is C23H29NO5. The predicted octanol–water partition coefficient (Wildman–Crippen LogP) is 4.13. The molecule has 1 fully saturated rings. The summed E-state index contributed by atoms with van der Waals surface area (Å²) in [6, 6.07) is 12.8. The van der Waals surface area contributed by atoms with E-state index in [0.29, 0.717) is 31.1 Å². The third-order valence-electron chi connectivity index (χ3n) is 5.40. The molecule has 6 heteroatoms. The number of methoxy groups -OCH3 is 2. The maximum absolute atomic E-state index is 12.0. The third kappa shape index (κ3) is 4.48. The predicted molar refractivity (Wildman–Crippen MR) is 111 cm³/mol. The minimum absolute atomic E-state index is 0.265. The number of hydrogen-bond donors (Lipinski definition) is 1. The summed E-state index contributed by atoms with van der Waals surface area (Å²) in [5.41, 5.74) is 1.90. The molecule has 1 aliphatic heterocycles. The number of para-hydroxylation sites is 1. The van der Waals surface area contributed by atoms with Gasteiger partial charge >= 0.3 is 5.97 Å². The first kappa shape index (κ1) is 21.0. The fourth-order valence-corrected chi connectivity index (χ4v) is 4.09. The number of likely N-dealkylation sites (tertiary alicyclic amines) is 1. The maximum atomic E-state index is 12.0. The maximum Gasteiger partial charge on any atom is 0.320 e. The van der Waals surface area contributed by atoms with Crippen molar-refractivity contribution in [1.29, 1.82) is 0 Å². The second-order valence-corrected chi connectivity index (χ2v) is 7.08. The largest absolute Gasteiger partial charge is 0.494 e. The molecule has 1 N–H and O–H groups in total. The molecule has 1 saturated heterocycles. The van der Waals surface area contributed by atoms with Gasteiger partial charge in [-0.1, -0.05) is 30.7 Å². The normalized spacial score (nSPS) is 18.1. The zero-order valence-corrected chi connectivity index (χ0v) is 17.3. The topological polar surface area (TPSA) is 68.2 Å². The Hall–Kier alpha value is -2.73. The lowest BCUT2D eigenvalue weighted by molar-refractivity contribution is -0.145. The monoisotopic (exact) mass is 399 g/mol. The van der Waals surface area contributed by atoms with Crippen LogP contribution < -0.4 is 14.2 Å². The van der Waals surface area contributed by atoms with Crippen LogP contribution in [-0.2, 0) is 4.79 Å². The van der Waals surface area contributed by atoms with Crippen LogP contribution in [0.3, 0.4) is 0 Å². The molecule has 2 aromatic carbocycles. The summed E-state index contributed by atoms with van der Waals surface area (Å²) in [4.78, 5) is 14.1. The van der Waals surface area contributed by atoms with Gasteiger partial charge in [0.05, 0.1) is 26.9 Å². The highest BCUT2D eigenvalue weighted by atomic mass is 16.5. The van der Waals surface area contributed by atoms with E-state index in [-0.39, 0.29) is 6.04 Å². The van der Waals surface area contributed by atoms with Crippen molar-refractivity contribution in [2.75, 3.05) is 27.4 Å². The summed E-state index contributed by atoms with van der Waals surface area (Å²) in [5, 5.41) is 9.89. The summed E-state index contributed by atoms with van der Waals surface area (Å²) < 4.78 is 16.8. The molecule has 0 bridgehead atoms. The van der Waals surface area contributed by atoms with Crippen molar-refractivity contribution < 1.29 is 24.1 Å². The Labute approximate surface area is 172 Å². The van der Waals surface area contributed by atoms with E-state index in [1.54, 1.807) is 14.2 Å². The first-order valence-electron chi connectivity index (χ1n) is 10.0. The Balaban J connectivity index is 2.16. The van der Waals surface area contributed by atoms with E-state index >= 15 is 0 Å². The standard InChI is InChI=1S/C23H29NO5/c1-4-29-19-11-6-5-9-17(19)22(24-14-8-7-10-18(24)23(25)26)16-12-13-20(27-2)21(15-16)28-3/h5-6,9,11-13,15,18,22H,4,7-8,10,14H2,1-3H3,(H,25,26). The van der Waals surface area contributed by atoms with Gasteiger partial charge in [0.15, 0.2) is 11.5 Å². The van der Waals surface area contributed by atoms with Crippen LogP contribution in [0.4, 0.5) is 0 Å². The van der Waals surface area contributed by atoms with Gasteiger partial charge in [-0.2, -0.15) is 0 Å². The number of carboxylic acid groups (broad SMARTS) is 1. The number of carboxylic acids is 1. The Morgan fingerprint density at radius 3 is 2.55 bits per heavy atom. The average Bonchev–Trinajstić information content (AvgIpc) is 2.75. The summed E-state index contributed by atoms with van der Waals surface area (Å²) >= 11 is 0. The van der Waals surface area contributed by atoms with Crippen molar-refractivity contribution in [3.05, 3.63) is 53.6 Å². The van der Waals surface area contributed by atoms with Crippen LogP contribution in [0.15, 0.2) is 42.5 Å². The highest BCUT2D eigenvalue weighted by molar-refractivity contribution is 5.74. The molecule has 29 heavy (non-hydrogen) atoms. The van der Waals surface area contributed by atoms with E-state index < -0.39 is 12.0 Å². The van der Waals surface area contributed by atoms with Crippen LogP contribution >= 0.6 is 0 Å². The van der Waals surface area contributed by atoms with Gasteiger partial charge < -0.3 is 19.3 Å². The molecule has 3 rings (SSSR count). The number of piperidine rings is 1. The first-order valence-corrected chi connectivity index (χ1v) is 10.0. The molecule has 0 spiro atoms. The molecule has 0 radical (unpaired) electrons. The van der Waals surface area contributed by atoms with E-state index in [1.165, 1.54) is 0 Å². The lowest BCUT2D eigenvalue weighted by Crippen LogP contribution is -2.46. The number of aliphatic carboxylic acids is 1. The van der Waals surface area contributed by atoms with Crippen LogP contribution in [0.5, 0.6) is 17.2 Å². The van der Waals surface area contributed by atoms with E-state index in [0.717, 1.165) is 29.7 Å². The molecule has 0 amide bonds. The Kier molecular flexibility index (Phi) is 6.99. The summed E-state index contributed by atoms with van der Waals surface area (Å²) in [6.07, 6.45) is 2.51. The Bertz CT molecular complexity index is 838. The van der Waals surface area contributed by atoms with Crippen molar-refractivity contribution in [3.8, 4) is 17.2 Å². The highest BCUT2D eigenvalue weighted by Crippen LogP contribution is 2.41. The van der Waals surface area contributed by atoms with Crippen LogP contribution in [0.25, 0.3) is 0 Å². The summed E-state index contributed by atoms with van der Waals surface area (Å²) in [5.74, 6) is 1.24. The van der Waals surface area contributed by atoms with Gasteiger partial charge in [0, 0.05) is 5.56 Å². The summed E-state index contributed by atoms with van der Waals surface area (Å²) in [7, 11) is 3.20. The number of nitrogens with zero attached hydrogens (tertiary/aromatic N) is 1. The van der Waals surface area contributed by atoms with Crippen LogP contribution in [0, 0.1) is 0 Å². The van der Waals surface area contributed by atoms with Crippen LogP contribution in [0.2, 0.25) is 0 Å². The zero-order valence-electron chi connectivity index (χ0n) is 17.3. The number of carbonyl (C=O) groups is 1. The van der Waals surface area contributed by atoms with E-state index in [9.17, 15) is 9.90 Å². The van der Waals surface area contributed by atoms with Crippen LogP contribution in [0.1, 0.15) is 43.4 Å². The molecule has 1 heterocycles. The van der Waals surface area contributed by atoms with E-state index in [4.69, 9.17) is 14.2 Å². The molecule has 2 aromatic rings. The zero-order chi connectivity index (χ0) is 20.8. The fourth-order valence-electron chi connectivity index (χ4n) is 4.09. The summed E-state index contributed by atoms with van der Waals surface area (Å²) in [6.45, 7) is 3.19. The van der Waals surface area contributed by atoms with Gasteiger partial charge in [-0.05, 0) is 50.1 Å². The van der Waals surface area contributed by atoms with Crippen molar-refractivity contribution in [2.24, 2.45) is 0 Å². The van der Waals surface area contributed by atoms with E-state index in [1.807, 2.05) is 49.4 Å². The molecular weight excluding hydrogens is 370 g/mol. The highest BCUT2D eigenvalue weighted by Gasteiger charge is 2.36. The third-order valence-corrected chi connectivity index (χ3v) is 5.40. The quantitative estimate of drug-likeness (QED) is 0.720. The molecule has 6 nitrogen and oxygen atoms in total. The van der Waals surface area contributed by atoms with Crippen molar-refractivity contribution in [2.45, 2.75) is 38.3 Å². The average molecular weight is 399 g/mol. The SMILES string of the molecule is CCOc1ccccc1C(c1ccc(OC)c(OC)c1)N1CCCCC1C(=O)O. The van der Waals surface area contributed by atoms with E-state index in [2.05, 4.69) is 4.90 Å². The van der Waals surface area contributed by atoms with Gasteiger partial charge in [0.1, 0.15) is 11.8 Å². The number of rotatable bonds is 8. The lowest BCUT2D eigenvalue weighted by Gasteiger charge is -2.40. The molecule has 0 aromatic heterocycles. The van der Waals surface area contributed by atoms with Gasteiger partial charge in [0.2, 0.25) is 0 Å². The van der Waals surface area contributed by atoms with Crippen LogP contribution in [-0.4, -0.2) is 49.4 Å².